The summed E-state index contributed by atoms with van der Waals surface area (Å²) in [6, 6.07) is 8.65. The number of hydrogen-bond donors (Lipinski definition) is 0. The molecule has 0 aromatic heterocycles. The minimum absolute atomic E-state index is 0.0444. The Morgan fingerprint density at radius 3 is 2.13 bits per heavy atom. The largest absolute Gasteiger partial charge is 0.379 e. The number of ketones is 1. The zero-order chi connectivity index (χ0) is 17.0. The molecule has 122 valence electrons. The van der Waals surface area contributed by atoms with Gasteiger partial charge in [-0.3, -0.25) is 0 Å². The quantitative estimate of drug-likeness (QED) is 0.758. The summed E-state index contributed by atoms with van der Waals surface area (Å²) in [6.45, 7) is 1.48. The number of rotatable bonds is 6. The number of benzene rings is 2. The van der Waals surface area contributed by atoms with Crippen molar-refractivity contribution in [1.82, 2.24) is 0 Å². The number of halogens is 2. The smallest absolute Gasteiger partial charge is 0.345 e. The Labute approximate surface area is 132 Å². The fourth-order valence-electron chi connectivity index (χ4n) is 1.92. The van der Waals surface area contributed by atoms with E-state index < -0.39 is 26.6 Å². The maximum atomic E-state index is 13.6. The molecular formula is C16H14F2O4S. The van der Waals surface area contributed by atoms with Gasteiger partial charge in [-0.15, -0.1) is 0 Å². The van der Waals surface area contributed by atoms with Gasteiger partial charge in [0.25, 0.3) is 0 Å². The van der Waals surface area contributed by atoms with Crippen molar-refractivity contribution in [3.05, 3.63) is 59.7 Å². The third-order valence-electron chi connectivity index (χ3n) is 3.06. The van der Waals surface area contributed by atoms with E-state index in [-0.39, 0.29) is 11.5 Å². The molecule has 2 aromatic rings. The van der Waals surface area contributed by atoms with Crippen molar-refractivity contribution in [3.8, 4) is 5.75 Å². The Hall–Kier alpha value is -2.28. The highest BCUT2D eigenvalue weighted by atomic mass is 32.2. The zero-order valence-corrected chi connectivity index (χ0v) is 13.1. The van der Waals surface area contributed by atoms with Crippen LogP contribution in [0.2, 0.25) is 0 Å². The summed E-state index contributed by atoms with van der Waals surface area (Å²) in [5.41, 5.74) is 0.821. The predicted molar refractivity (Wildman–Crippen MR) is 79.6 cm³/mol. The van der Waals surface area contributed by atoms with Crippen LogP contribution < -0.4 is 4.18 Å². The molecule has 23 heavy (non-hydrogen) atoms. The lowest BCUT2D eigenvalue weighted by Gasteiger charge is -2.09. The van der Waals surface area contributed by atoms with E-state index in [9.17, 15) is 22.0 Å². The number of aryl methyl sites for hydroxylation is 1. The van der Waals surface area contributed by atoms with E-state index in [4.69, 9.17) is 4.18 Å². The maximum Gasteiger partial charge on any atom is 0.345 e. The molecule has 2 rings (SSSR count). The van der Waals surface area contributed by atoms with E-state index in [0.717, 1.165) is 23.8 Å². The van der Waals surface area contributed by atoms with Crippen molar-refractivity contribution in [1.29, 1.82) is 0 Å². The van der Waals surface area contributed by atoms with Crippen LogP contribution >= 0.6 is 0 Å². The Morgan fingerprint density at radius 1 is 1.04 bits per heavy atom. The Balaban J connectivity index is 2.19. The van der Waals surface area contributed by atoms with Crippen LogP contribution in [0.15, 0.2) is 47.4 Å². The summed E-state index contributed by atoms with van der Waals surface area (Å²) in [6.07, 6.45) is 0.892. The van der Waals surface area contributed by atoms with Gasteiger partial charge in [0.15, 0.2) is 4.90 Å². The van der Waals surface area contributed by atoms with Gasteiger partial charge in [-0.1, -0.05) is 18.2 Å². The minimum Gasteiger partial charge on any atom is -0.379 e. The molecule has 0 N–H and O–H groups in total. The second-order valence-corrected chi connectivity index (χ2v) is 6.42. The fraction of sp³-hybridized carbons (Fsp3) is 0.188. The first kappa shape index (κ1) is 17.1. The first-order valence-electron chi connectivity index (χ1n) is 6.76. The Morgan fingerprint density at radius 2 is 1.61 bits per heavy atom. The topological polar surface area (TPSA) is 60.4 Å². The molecule has 4 nitrogen and oxygen atoms in total. The first-order chi connectivity index (χ1) is 10.8. The van der Waals surface area contributed by atoms with Gasteiger partial charge >= 0.3 is 10.1 Å². The molecule has 0 unspecified atom stereocenters. The summed E-state index contributed by atoms with van der Waals surface area (Å²) >= 11 is 0. The van der Waals surface area contributed by atoms with Gasteiger partial charge in [-0.05, 0) is 43.2 Å². The average molecular weight is 340 g/mol. The Bertz CT molecular complexity index is 794. The summed E-state index contributed by atoms with van der Waals surface area (Å²) < 4.78 is 55.9. The molecule has 0 atom stereocenters. The highest BCUT2D eigenvalue weighted by molar-refractivity contribution is 7.87. The van der Waals surface area contributed by atoms with Crippen molar-refractivity contribution in [2.45, 2.75) is 24.7 Å². The van der Waals surface area contributed by atoms with Crippen LogP contribution in [0.25, 0.3) is 0 Å². The lowest BCUT2D eigenvalue weighted by Crippen LogP contribution is -2.13. The minimum atomic E-state index is -4.62. The van der Waals surface area contributed by atoms with Crippen molar-refractivity contribution < 1.29 is 26.2 Å². The molecule has 0 bridgehead atoms. The summed E-state index contributed by atoms with van der Waals surface area (Å²) in [5, 5.41) is 0. The molecule has 2 aromatic carbocycles. The molecule has 0 fully saturated rings. The molecular weight excluding hydrogens is 326 g/mol. The van der Waals surface area contributed by atoms with E-state index in [1.807, 2.05) is 0 Å². The normalized spacial score (nSPS) is 11.3. The number of carbonyl (C=O) groups is 1. The predicted octanol–water partition coefficient (Wildman–Crippen LogP) is 3.25. The SMILES string of the molecule is CC(=O)CCc1ccc(OS(=O)(=O)c2c(F)cccc2F)cc1. The van der Waals surface area contributed by atoms with Crippen LogP contribution in [0.4, 0.5) is 8.78 Å². The van der Waals surface area contributed by atoms with Crippen molar-refractivity contribution in [2.24, 2.45) is 0 Å². The van der Waals surface area contributed by atoms with Crippen molar-refractivity contribution >= 4 is 15.9 Å². The van der Waals surface area contributed by atoms with E-state index >= 15 is 0 Å². The van der Waals surface area contributed by atoms with Gasteiger partial charge < -0.3 is 8.98 Å². The standard InChI is InChI=1S/C16H14F2O4S/c1-11(19)5-6-12-7-9-13(10-8-12)22-23(20,21)16-14(17)3-2-4-15(16)18/h2-4,7-10H,5-6H2,1H3. The second kappa shape index (κ2) is 6.87. The first-order valence-corrected chi connectivity index (χ1v) is 8.17. The molecule has 7 heteroatoms. The Kier molecular flexibility index (Phi) is 5.10. The third kappa shape index (κ3) is 4.35. The molecule has 0 radical (unpaired) electrons. The fourth-order valence-corrected chi connectivity index (χ4v) is 2.98. The lowest BCUT2D eigenvalue weighted by atomic mass is 10.1. The lowest BCUT2D eigenvalue weighted by molar-refractivity contribution is -0.116. The number of carbonyl (C=O) groups excluding carboxylic acids is 1. The van der Waals surface area contributed by atoms with Gasteiger partial charge in [0.2, 0.25) is 0 Å². The van der Waals surface area contributed by atoms with Crippen molar-refractivity contribution in [3.63, 3.8) is 0 Å². The number of hydrogen-bond acceptors (Lipinski definition) is 4. The van der Waals surface area contributed by atoms with Gasteiger partial charge in [0.05, 0.1) is 0 Å². The highest BCUT2D eigenvalue weighted by Crippen LogP contribution is 2.23. The van der Waals surface area contributed by atoms with Gasteiger partial charge in [-0.25, -0.2) is 8.78 Å². The monoisotopic (exact) mass is 340 g/mol. The maximum absolute atomic E-state index is 13.6. The van der Waals surface area contributed by atoms with Crippen LogP contribution in [-0.4, -0.2) is 14.2 Å². The zero-order valence-electron chi connectivity index (χ0n) is 12.3. The average Bonchev–Trinajstić information content (AvgIpc) is 2.45. The summed E-state index contributed by atoms with van der Waals surface area (Å²) in [5.74, 6) is -2.46. The molecule has 0 aliphatic rings. The molecule has 0 aliphatic heterocycles. The highest BCUT2D eigenvalue weighted by Gasteiger charge is 2.25. The third-order valence-corrected chi connectivity index (χ3v) is 4.37. The molecule has 0 spiro atoms. The van der Waals surface area contributed by atoms with Crippen molar-refractivity contribution in [2.75, 3.05) is 0 Å². The molecule has 0 saturated carbocycles. The van der Waals surface area contributed by atoms with Crippen LogP contribution in [-0.2, 0) is 21.3 Å². The van der Waals surface area contributed by atoms with E-state index in [2.05, 4.69) is 0 Å². The summed E-state index contributed by atoms with van der Waals surface area (Å²) in [7, 11) is -4.62. The van der Waals surface area contributed by atoms with Crippen LogP contribution in [0.5, 0.6) is 5.75 Å². The van der Waals surface area contributed by atoms with E-state index in [1.54, 1.807) is 12.1 Å². The van der Waals surface area contributed by atoms with Gasteiger partial charge in [-0.2, -0.15) is 8.42 Å². The molecule has 0 aliphatic carbocycles. The second-order valence-electron chi connectivity index (χ2n) is 4.93. The molecule has 0 saturated heterocycles. The summed E-state index contributed by atoms with van der Waals surface area (Å²) in [4.78, 5) is 9.79. The van der Waals surface area contributed by atoms with Crippen LogP contribution in [0, 0.1) is 11.6 Å². The number of Topliss-reactive ketones (excluding diaryl/α,β-unsaturated/α-hetero) is 1. The molecule has 0 amide bonds. The van der Waals surface area contributed by atoms with Crippen LogP contribution in [0.1, 0.15) is 18.9 Å². The van der Waals surface area contributed by atoms with E-state index in [1.165, 1.54) is 19.1 Å². The molecule has 0 heterocycles. The van der Waals surface area contributed by atoms with Gasteiger partial charge in [0.1, 0.15) is 23.2 Å². The van der Waals surface area contributed by atoms with E-state index in [0.29, 0.717) is 12.8 Å². The van der Waals surface area contributed by atoms with Crippen LogP contribution in [0.3, 0.4) is 0 Å². The van der Waals surface area contributed by atoms with Gasteiger partial charge in [0, 0.05) is 6.42 Å².